The summed E-state index contributed by atoms with van der Waals surface area (Å²) in [6.45, 7) is 1.89. The van der Waals surface area contributed by atoms with Crippen molar-refractivity contribution in [3.8, 4) is 11.3 Å². The molecule has 1 aromatic heterocycles. The van der Waals surface area contributed by atoms with Crippen LogP contribution in [-0.2, 0) is 0 Å². The van der Waals surface area contributed by atoms with E-state index in [2.05, 4.69) is 21.2 Å². The smallest absolute Gasteiger partial charge is 0.291 e. The van der Waals surface area contributed by atoms with Gasteiger partial charge in [-0.1, -0.05) is 33.6 Å². The van der Waals surface area contributed by atoms with Gasteiger partial charge in [0.15, 0.2) is 5.76 Å². The number of benzene rings is 2. The second-order valence-electron chi connectivity index (χ2n) is 5.32. The van der Waals surface area contributed by atoms with E-state index in [-0.39, 0.29) is 11.7 Å². The lowest BCUT2D eigenvalue weighted by atomic mass is 10.2. The molecule has 1 heterocycles. The molecule has 3 aromatic rings. The number of aryl methyl sites for hydroxylation is 1. The van der Waals surface area contributed by atoms with Crippen LogP contribution in [0.1, 0.15) is 16.1 Å². The SMILES string of the molecule is Cc1ccc(N)cc1NC(=O)c1ccc(-c2ccc(Br)cc2Cl)o1. The number of nitrogens with two attached hydrogens (primary N) is 1. The molecular formula is C18H14BrClN2O2. The van der Waals surface area contributed by atoms with E-state index in [1.165, 1.54) is 0 Å². The molecule has 0 saturated carbocycles. The quantitative estimate of drug-likeness (QED) is 0.565. The van der Waals surface area contributed by atoms with Crippen molar-refractivity contribution in [2.45, 2.75) is 6.92 Å². The van der Waals surface area contributed by atoms with Crippen LogP contribution in [0.25, 0.3) is 11.3 Å². The Kier molecular flexibility index (Phi) is 4.64. The first-order chi connectivity index (χ1) is 11.4. The van der Waals surface area contributed by atoms with Gasteiger partial charge >= 0.3 is 0 Å². The standard InChI is InChI=1S/C18H14BrClN2O2/c1-10-2-4-12(21)9-15(10)22-18(23)17-7-6-16(24-17)13-5-3-11(19)8-14(13)20/h2-9H,21H2,1H3,(H,22,23). The maximum absolute atomic E-state index is 12.4. The molecule has 0 aliphatic heterocycles. The summed E-state index contributed by atoms with van der Waals surface area (Å²) in [7, 11) is 0. The molecule has 2 aromatic carbocycles. The zero-order valence-corrected chi connectivity index (χ0v) is 15.1. The number of anilines is 2. The molecule has 0 radical (unpaired) electrons. The van der Waals surface area contributed by atoms with Crippen molar-refractivity contribution in [2.24, 2.45) is 0 Å². The van der Waals surface area contributed by atoms with Gasteiger partial charge in [0, 0.05) is 21.4 Å². The van der Waals surface area contributed by atoms with E-state index in [1.807, 2.05) is 25.1 Å². The van der Waals surface area contributed by atoms with Gasteiger partial charge in [-0.3, -0.25) is 4.79 Å². The second kappa shape index (κ2) is 6.71. The van der Waals surface area contributed by atoms with Crippen LogP contribution in [0.2, 0.25) is 5.02 Å². The summed E-state index contributed by atoms with van der Waals surface area (Å²) in [4.78, 5) is 12.4. The predicted octanol–water partition coefficient (Wildman–Crippen LogP) is 5.51. The number of rotatable bonds is 3. The zero-order valence-electron chi connectivity index (χ0n) is 12.8. The molecule has 3 N–H and O–H groups in total. The van der Waals surface area contributed by atoms with Crippen LogP contribution < -0.4 is 11.1 Å². The molecule has 3 rings (SSSR count). The minimum Gasteiger partial charge on any atom is -0.451 e. The number of nitrogens with one attached hydrogen (secondary N) is 1. The molecule has 0 unspecified atom stereocenters. The van der Waals surface area contributed by atoms with Gasteiger partial charge < -0.3 is 15.5 Å². The van der Waals surface area contributed by atoms with Crippen molar-refractivity contribution < 1.29 is 9.21 Å². The number of carbonyl (C=O) groups excluding carboxylic acids is 1. The lowest BCUT2D eigenvalue weighted by molar-refractivity contribution is 0.0997. The number of halogens is 2. The molecule has 4 nitrogen and oxygen atoms in total. The molecule has 1 amide bonds. The molecule has 0 atom stereocenters. The molecule has 0 aliphatic rings. The normalized spacial score (nSPS) is 10.6. The molecule has 0 spiro atoms. The van der Waals surface area contributed by atoms with Crippen molar-refractivity contribution in [3.63, 3.8) is 0 Å². The third-order valence-corrected chi connectivity index (χ3v) is 4.34. The van der Waals surface area contributed by atoms with Crippen molar-refractivity contribution >= 4 is 44.8 Å². The Morgan fingerprint density at radius 2 is 1.96 bits per heavy atom. The number of hydrogen-bond acceptors (Lipinski definition) is 3. The number of furan rings is 1. The minimum absolute atomic E-state index is 0.200. The van der Waals surface area contributed by atoms with Crippen molar-refractivity contribution in [1.82, 2.24) is 0 Å². The van der Waals surface area contributed by atoms with Gasteiger partial charge in [-0.2, -0.15) is 0 Å². The Hall–Kier alpha value is -2.24. The lowest BCUT2D eigenvalue weighted by Gasteiger charge is -2.08. The van der Waals surface area contributed by atoms with Gasteiger partial charge in [0.1, 0.15) is 5.76 Å². The summed E-state index contributed by atoms with van der Waals surface area (Å²) in [5.41, 5.74) is 8.63. The van der Waals surface area contributed by atoms with Crippen LogP contribution in [0.5, 0.6) is 0 Å². The maximum Gasteiger partial charge on any atom is 0.291 e. The molecule has 0 bridgehead atoms. The molecular weight excluding hydrogens is 392 g/mol. The van der Waals surface area contributed by atoms with E-state index in [4.69, 9.17) is 21.8 Å². The fraction of sp³-hybridized carbons (Fsp3) is 0.0556. The third-order valence-electron chi connectivity index (χ3n) is 3.54. The van der Waals surface area contributed by atoms with Crippen LogP contribution in [0, 0.1) is 6.92 Å². The maximum atomic E-state index is 12.4. The van der Waals surface area contributed by atoms with E-state index in [9.17, 15) is 4.79 Å². The van der Waals surface area contributed by atoms with Gasteiger partial charge in [0.05, 0.1) is 5.02 Å². The van der Waals surface area contributed by atoms with Gasteiger partial charge in [-0.25, -0.2) is 0 Å². The number of hydrogen-bond donors (Lipinski definition) is 2. The van der Waals surface area contributed by atoms with Gasteiger partial charge in [-0.15, -0.1) is 0 Å². The highest BCUT2D eigenvalue weighted by atomic mass is 79.9. The third kappa shape index (κ3) is 3.47. The first-order valence-corrected chi connectivity index (χ1v) is 8.34. The highest BCUT2D eigenvalue weighted by Crippen LogP contribution is 2.32. The highest BCUT2D eigenvalue weighted by molar-refractivity contribution is 9.10. The van der Waals surface area contributed by atoms with Crippen LogP contribution in [-0.4, -0.2) is 5.91 Å². The fourth-order valence-electron chi connectivity index (χ4n) is 2.25. The monoisotopic (exact) mass is 404 g/mol. The van der Waals surface area contributed by atoms with E-state index in [0.717, 1.165) is 15.6 Å². The van der Waals surface area contributed by atoms with E-state index in [0.29, 0.717) is 22.2 Å². The zero-order chi connectivity index (χ0) is 17.3. The van der Waals surface area contributed by atoms with Crippen LogP contribution in [0.15, 0.2) is 57.4 Å². The Morgan fingerprint density at radius 3 is 2.71 bits per heavy atom. The Balaban J connectivity index is 1.85. The van der Waals surface area contributed by atoms with Gasteiger partial charge in [0.2, 0.25) is 0 Å². The average molecular weight is 406 g/mol. The van der Waals surface area contributed by atoms with E-state index >= 15 is 0 Å². The Bertz CT molecular complexity index is 921. The molecule has 0 aliphatic carbocycles. The van der Waals surface area contributed by atoms with Gasteiger partial charge in [0.25, 0.3) is 5.91 Å². The van der Waals surface area contributed by atoms with Crippen LogP contribution in [0.3, 0.4) is 0 Å². The van der Waals surface area contributed by atoms with Crippen LogP contribution >= 0.6 is 27.5 Å². The summed E-state index contributed by atoms with van der Waals surface area (Å²) < 4.78 is 6.52. The minimum atomic E-state index is -0.344. The van der Waals surface area contributed by atoms with Gasteiger partial charge in [-0.05, 0) is 55.0 Å². The summed E-state index contributed by atoms with van der Waals surface area (Å²) in [5.74, 6) is 0.385. The van der Waals surface area contributed by atoms with E-state index in [1.54, 1.807) is 30.3 Å². The Labute approximate surface area is 152 Å². The average Bonchev–Trinajstić information content (AvgIpc) is 3.00. The summed E-state index contributed by atoms with van der Waals surface area (Å²) in [5, 5.41) is 3.34. The number of nitrogen functional groups attached to an aromatic ring is 1. The molecule has 6 heteroatoms. The first-order valence-electron chi connectivity index (χ1n) is 7.17. The number of carbonyl (C=O) groups is 1. The predicted molar refractivity (Wildman–Crippen MR) is 100 cm³/mol. The Morgan fingerprint density at radius 1 is 1.17 bits per heavy atom. The molecule has 122 valence electrons. The summed E-state index contributed by atoms with van der Waals surface area (Å²) in [6, 6.07) is 14.1. The topological polar surface area (TPSA) is 68.3 Å². The molecule has 0 fully saturated rings. The molecule has 24 heavy (non-hydrogen) atoms. The first kappa shape index (κ1) is 16.6. The summed E-state index contributed by atoms with van der Waals surface area (Å²) in [6.07, 6.45) is 0. The van der Waals surface area contributed by atoms with Crippen molar-refractivity contribution in [3.05, 3.63) is 69.3 Å². The van der Waals surface area contributed by atoms with E-state index < -0.39 is 0 Å². The van der Waals surface area contributed by atoms with Crippen LogP contribution in [0.4, 0.5) is 11.4 Å². The fourth-order valence-corrected chi connectivity index (χ4v) is 3.02. The van der Waals surface area contributed by atoms with Crippen molar-refractivity contribution in [1.29, 1.82) is 0 Å². The summed E-state index contributed by atoms with van der Waals surface area (Å²) >= 11 is 9.57. The lowest BCUT2D eigenvalue weighted by Crippen LogP contribution is -2.12. The highest BCUT2D eigenvalue weighted by Gasteiger charge is 2.15. The number of amides is 1. The second-order valence-corrected chi connectivity index (χ2v) is 6.64. The largest absolute Gasteiger partial charge is 0.451 e. The van der Waals surface area contributed by atoms with Crippen molar-refractivity contribution in [2.75, 3.05) is 11.1 Å². The molecule has 0 saturated heterocycles.